The van der Waals surface area contributed by atoms with Crippen molar-refractivity contribution in [1.82, 2.24) is 4.90 Å². The molecule has 0 aromatic heterocycles. The summed E-state index contributed by atoms with van der Waals surface area (Å²) in [5.74, 6) is -1.39. The Morgan fingerprint density at radius 3 is 2.26 bits per heavy atom. The number of methoxy groups -OCH3 is 1. The fourth-order valence-electron chi connectivity index (χ4n) is 3.84. The molecule has 0 bridgehead atoms. The first-order valence-corrected chi connectivity index (χ1v) is 12.8. The number of rotatable bonds is 6. The molecule has 0 aliphatic carbocycles. The second-order valence-electron chi connectivity index (χ2n) is 9.35. The van der Waals surface area contributed by atoms with Crippen LogP contribution in [-0.4, -0.2) is 56.4 Å². The summed E-state index contributed by atoms with van der Waals surface area (Å²) >= 11 is 0. The van der Waals surface area contributed by atoms with Crippen LogP contribution in [0.4, 0.5) is 14.9 Å². The number of nitrogens with zero attached hydrogens (tertiary/aromatic N) is 2. The van der Waals surface area contributed by atoms with Gasteiger partial charge in [-0.3, -0.25) is 4.31 Å². The number of hydrogen-bond acceptors (Lipinski definition) is 6. The molecule has 0 unspecified atom stereocenters. The molecule has 0 saturated carbocycles. The standard InChI is InChI=1S/C25H31FN2O6S/c1-25(2,3)34-24(30)27-14-12-21(13-15-27)35(31,32)28(20-8-6-5-7-9-20)17-19-11-10-18(16-22(19)26)23(29)33-4/h5-11,16,21H,12-15,17H2,1-4H3. The number of benzene rings is 2. The van der Waals surface area contributed by atoms with Crippen LogP contribution >= 0.6 is 0 Å². The zero-order valence-corrected chi connectivity index (χ0v) is 21.2. The van der Waals surface area contributed by atoms with E-state index in [0.717, 1.165) is 6.07 Å². The van der Waals surface area contributed by atoms with Crippen LogP contribution in [0, 0.1) is 5.82 Å². The lowest BCUT2D eigenvalue weighted by molar-refractivity contribution is 0.0217. The van der Waals surface area contributed by atoms with Crippen molar-refractivity contribution >= 4 is 27.8 Å². The fourth-order valence-corrected chi connectivity index (χ4v) is 5.74. The quantitative estimate of drug-likeness (QED) is 0.541. The van der Waals surface area contributed by atoms with Gasteiger partial charge in [-0.1, -0.05) is 24.3 Å². The minimum Gasteiger partial charge on any atom is -0.465 e. The van der Waals surface area contributed by atoms with Crippen molar-refractivity contribution in [2.45, 2.75) is 51.0 Å². The van der Waals surface area contributed by atoms with E-state index in [4.69, 9.17) is 4.74 Å². The topological polar surface area (TPSA) is 93.2 Å². The van der Waals surface area contributed by atoms with E-state index in [0.29, 0.717) is 5.69 Å². The highest BCUT2D eigenvalue weighted by Gasteiger charge is 2.37. The molecule has 1 fully saturated rings. The number of piperidine rings is 1. The van der Waals surface area contributed by atoms with Crippen molar-refractivity contribution in [2.75, 3.05) is 24.5 Å². The smallest absolute Gasteiger partial charge is 0.410 e. The normalized spacial score (nSPS) is 14.9. The molecule has 0 spiro atoms. The van der Waals surface area contributed by atoms with Gasteiger partial charge in [0.25, 0.3) is 0 Å². The fraction of sp³-hybridized carbons (Fsp3) is 0.440. The van der Waals surface area contributed by atoms with Crippen molar-refractivity contribution in [3.05, 3.63) is 65.5 Å². The maximum atomic E-state index is 14.8. The van der Waals surface area contributed by atoms with Gasteiger partial charge in [-0.15, -0.1) is 0 Å². The van der Waals surface area contributed by atoms with Crippen molar-refractivity contribution in [3.63, 3.8) is 0 Å². The number of halogens is 1. The number of carbonyl (C=O) groups is 2. The predicted octanol–water partition coefficient (Wildman–Crippen LogP) is 4.35. The van der Waals surface area contributed by atoms with E-state index >= 15 is 0 Å². The van der Waals surface area contributed by atoms with Crippen molar-refractivity contribution in [1.29, 1.82) is 0 Å². The molecule has 35 heavy (non-hydrogen) atoms. The summed E-state index contributed by atoms with van der Waals surface area (Å²) in [5, 5.41) is -0.751. The Hall–Kier alpha value is -3.14. The number of amides is 1. The first kappa shape index (κ1) is 26.5. The zero-order chi connectivity index (χ0) is 25.8. The van der Waals surface area contributed by atoms with Gasteiger partial charge in [0.05, 0.1) is 30.2 Å². The largest absolute Gasteiger partial charge is 0.465 e. The van der Waals surface area contributed by atoms with E-state index in [1.807, 2.05) is 0 Å². The summed E-state index contributed by atoms with van der Waals surface area (Å²) in [6.07, 6.45) is -0.00962. The van der Waals surface area contributed by atoms with Gasteiger partial charge in [0.15, 0.2) is 0 Å². The second-order valence-corrected chi connectivity index (χ2v) is 11.5. The van der Waals surface area contributed by atoms with Gasteiger partial charge in [-0.25, -0.2) is 22.4 Å². The van der Waals surface area contributed by atoms with Crippen LogP contribution in [-0.2, 0) is 26.0 Å². The number of ether oxygens (including phenoxy) is 2. The first-order valence-electron chi connectivity index (χ1n) is 11.3. The summed E-state index contributed by atoms with van der Waals surface area (Å²) in [6, 6.07) is 12.3. The molecule has 2 aromatic carbocycles. The van der Waals surface area contributed by atoms with Gasteiger partial charge in [0.1, 0.15) is 11.4 Å². The van der Waals surface area contributed by atoms with E-state index < -0.39 is 38.8 Å². The maximum absolute atomic E-state index is 14.8. The van der Waals surface area contributed by atoms with Crippen molar-refractivity contribution in [2.24, 2.45) is 0 Å². The summed E-state index contributed by atoms with van der Waals surface area (Å²) < 4.78 is 53.5. The SMILES string of the molecule is COC(=O)c1ccc(CN(c2ccccc2)S(=O)(=O)C2CCN(C(=O)OC(C)(C)C)CC2)c(F)c1. The predicted molar refractivity (Wildman–Crippen MR) is 130 cm³/mol. The number of anilines is 1. The van der Waals surface area contributed by atoms with Crippen LogP contribution in [0.15, 0.2) is 48.5 Å². The Balaban J connectivity index is 1.83. The molecule has 190 valence electrons. The highest BCUT2D eigenvalue weighted by Crippen LogP contribution is 2.29. The van der Waals surface area contributed by atoms with Gasteiger partial charge in [0, 0.05) is 18.7 Å². The molecule has 1 aliphatic heterocycles. The van der Waals surface area contributed by atoms with Crippen LogP contribution in [0.3, 0.4) is 0 Å². The summed E-state index contributed by atoms with van der Waals surface area (Å²) in [5.41, 5.74) is -0.0791. The van der Waals surface area contributed by atoms with Crippen molar-refractivity contribution in [3.8, 4) is 0 Å². The van der Waals surface area contributed by atoms with Crippen LogP contribution in [0.5, 0.6) is 0 Å². The molecule has 2 aromatic rings. The van der Waals surface area contributed by atoms with Gasteiger partial charge in [-0.05, 0) is 57.9 Å². The van der Waals surface area contributed by atoms with Gasteiger partial charge in [0.2, 0.25) is 10.0 Å². The summed E-state index contributed by atoms with van der Waals surface area (Å²) in [6.45, 7) is 5.56. The number of likely N-dealkylation sites (tertiary alicyclic amines) is 1. The Bertz CT molecular complexity index is 1160. The van der Waals surface area contributed by atoms with Crippen LogP contribution in [0.2, 0.25) is 0 Å². The number of hydrogen-bond donors (Lipinski definition) is 0. The summed E-state index contributed by atoms with van der Waals surface area (Å²) in [7, 11) is -2.71. The minimum atomic E-state index is -3.91. The molecule has 3 rings (SSSR count). The van der Waals surface area contributed by atoms with E-state index in [2.05, 4.69) is 4.74 Å². The lowest BCUT2D eigenvalue weighted by Gasteiger charge is -2.36. The third kappa shape index (κ3) is 6.50. The van der Waals surface area contributed by atoms with Gasteiger partial charge >= 0.3 is 12.1 Å². The van der Waals surface area contributed by atoms with Crippen molar-refractivity contribution < 1.29 is 31.9 Å². The number of carbonyl (C=O) groups excluding carboxylic acids is 2. The second kappa shape index (κ2) is 10.6. The Morgan fingerprint density at radius 2 is 1.71 bits per heavy atom. The lowest BCUT2D eigenvalue weighted by atomic mass is 10.1. The minimum absolute atomic E-state index is 0.0392. The molecule has 1 heterocycles. The number of esters is 1. The maximum Gasteiger partial charge on any atom is 0.410 e. The van der Waals surface area contributed by atoms with E-state index in [9.17, 15) is 22.4 Å². The molecule has 0 N–H and O–H groups in total. The molecule has 0 radical (unpaired) electrons. The zero-order valence-electron chi connectivity index (χ0n) is 20.4. The summed E-state index contributed by atoms with van der Waals surface area (Å²) in [4.78, 5) is 25.6. The van der Waals surface area contributed by atoms with E-state index in [-0.39, 0.29) is 43.6 Å². The highest BCUT2D eigenvalue weighted by atomic mass is 32.2. The third-order valence-corrected chi connectivity index (χ3v) is 7.92. The molecule has 1 saturated heterocycles. The van der Waals surface area contributed by atoms with Crippen LogP contribution in [0.25, 0.3) is 0 Å². The molecule has 8 nitrogen and oxygen atoms in total. The molecule has 1 aliphatic rings. The molecule has 1 amide bonds. The van der Waals surface area contributed by atoms with Crippen LogP contribution in [0.1, 0.15) is 49.5 Å². The Morgan fingerprint density at radius 1 is 1.09 bits per heavy atom. The lowest BCUT2D eigenvalue weighted by Crippen LogP contribution is -2.48. The van der Waals surface area contributed by atoms with Gasteiger partial charge < -0.3 is 14.4 Å². The first-order chi connectivity index (χ1) is 16.4. The molecule has 0 atom stereocenters. The average molecular weight is 507 g/mol. The van der Waals surface area contributed by atoms with Crippen LogP contribution < -0.4 is 4.31 Å². The van der Waals surface area contributed by atoms with E-state index in [1.165, 1.54) is 28.4 Å². The van der Waals surface area contributed by atoms with E-state index in [1.54, 1.807) is 51.1 Å². The molecule has 10 heteroatoms. The monoisotopic (exact) mass is 506 g/mol. The molecular formula is C25H31FN2O6S. The molecular weight excluding hydrogens is 475 g/mol. The number of sulfonamides is 1. The third-order valence-electron chi connectivity index (χ3n) is 5.65. The Labute approximate surface area is 205 Å². The highest BCUT2D eigenvalue weighted by molar-refractivity contribution is 7.93. The number of para-hydroxylation sites is 1. The Kier molecular flexibility index (Phi) is 8.04. The van der Waals surface area contributed by atoms with Gasteiger partial charge in [-0.2, -0.15) is 0 Å². The average Bonchev–Trinajstić information content (AvgIpc) is 2.82.